The number of aliphatic hydroxyl groups is 1. The van der Waals surface area contributed by atoms with E-state index in [2.05, 4.69) is 26.1 Å². The molecule has 0 radical (unpaired) electrons. The molecule has 0 spiro atoms. The van der Waals surface area contributed by atoms with Gasteiger partial charge in [-0.25, -0.2) is 4.39 Å². The third kappa shape index (κ3) is 4.56. The summed E-state index contributed by atoms with van der Waals surface area (Å²) in [4.78, 5) is 0. The van der Waals surface area contributed by atoms with E-state index in [4.69, 9.17) is 16.7 Å². The minimum atomic E-state index is -0.299. The molecule has 1 atom stereocenters. The molecule has 0 aliphatic heterocycles. The van der Waals surface area contributed by atoms with Crippen LogP contribution >= 0.6 is 11.6 Å². The Balaban J connectivity index is 2.67. The second kappa shape index (κ2) is 6.50. The fourth-order valence-corrected chi connectivity index (χ4v) is 2.03. The second-order valence-corrected chi connectivity index (χ2v) is 5.98. The molecule has 0 amide bonds. The molecule has 0 bridgehead atoms. The summed E-state index contributed by atoms with van der Waals surface area (Å²) in [6.45, 7) is 6.85. The molecular formula is C14H21ClFNO. The van der Waals surface area contributed by atoms with E-state index in [0.717, 1.165) is 0 Å². The van der Waals surface area contributed by atoms with Crippen molar-refractivity contribution in [2.45, 2.75) is 39.8 Å². The van der Waals surface area contributed by atoms with Crippen LogP contribution < -0.4 is 5.32 Å². The molecule has 0 aliphatic carbocycles. The summed E-state index contributed by atoms with van der Waals surface area (Å²) >= 11 is 5.71. The SMILES string of the molecule is CC(C)(C)C(CCO)NCc1ccc(Cl)cc1F. The topological polar surface area (TPSA) is 32.3 Å². The number of hydrogen-bond donors (Lipinski definition) is 2. The summed E-state index contributed by atoms with van der Waals surface area (Å²) in [5, 5.41) is 12.8. The molecule has 0 aliphatic rings. The Bertz CT molecular complexity index is 390. The van der Waals surface area contributed by atoms with Gasteiger partial charge in [-0.3, -0.25) is 0 Å². The highest BCUT2D eigenvalue weighted by atomic mass is 35.5. The van der Waals surface area contributed by atoms with Crippen LogP contribution in [0.5, 0.6) is 0 Å². The number of benzene rings is 1. The summed E-state index contributed by atoms with van der Waals surface area (Å²) < 4.78 is 13.6. The smallest absolute Gasteiger partial charge is 0.129 e. The summed E-state index contributed by atoms with van der Waals surface area (Å²) in [6, 6.07) is 4.82. The summed E-state index contributed by atoms with van der Waals surface area (Å²) in [5.74, 6) is -0.299. The van der Waals surface area contributed by atoms with Gasteiger partial charge in [0.1, 0.15) is 5.82 Å². The van der Waals surface area contributed by atoms with Crippen molar-refractivity contribution >= 4 is 11.6 Å². The van der Waals surface area contributed by atoms with Crippen LogP contribution in [0.2, 0.25) is 5.02 Å². The molecule has 1 unspecified atom stereocenters. The Morgan fingerprint density at radius 2 is 2.06 bits per heavy atom. The normalized spacial score (nSPS) is 13.7. The molecule has 0 heterocycles. The van der Waals surface area contributed by atoms with E-state index in [1.165, 1.54) is 6.07 Å². The monoisotopic (exact) mass is 273 g/mol. The molecule has 0 saturated heterocycles. The molecule has 18 heavy (non-hydrogen) atoms. The van der Waals surface area contributed by atoms with Crippen LogP contribution in [0.4, 0.5) is 4.39 Å². The second-order valence-electron chi connectivity index (χ2n) is 5.55. The zero-order valence-electron chi connectivity index (χ0n) is 11.1. The largest absolute Gasteiger partial charge is 0.396 e. The molecule has 0 fully saturated rings. The van der Waals surface area contributed by atoms with Gasteiger partial charge in [-0.2, -0.15) is 0 Å². The van der Waals surface area contributed by atoms with Crippen LogP contribution in [0.15, 0.2) is 18.2 Å². The first-order chi connectivity index (χ1) is 8.34. The minimum absolute atomic E-state index is 0.0195. The van der Waals surface area contributed by atoms with Crippen molar-refractivity contribution < 1.29 is 9.50 Å². The lowest BCUT2D eigenvalue weighted by Crippen LogP contribution is -2.40. The van der Waals surface area contributed by atoms with Crippen molar-refractivity contribution in [1.29, 1.82) is 0 Å². The van der Waals surface area contributed by atoms with Crippen molar-refractivity contribution in [2.75, 3.05) is 6.61 Å². The number of hydrogen-bond acceptors (Lipinski definition) is 2. The van der Waals surface area contributed by atoms with Crippen molar-refractivity contribution in [3.8, 4) is 0 Å². The minimum Gasteiger partial charge on any atom is -0.396 e. The standard InChI is InChI=1S/C14H21ClFNO/c1-14(2,3)13(6-7-18)17-9-10-4-5-11(15)8-12(10)16/h4-5,8,13,17-18H,6-7,9H2,1-3H3. The van der Waals surface area contributed by atoms with Crippen LogP contribution in [0.1, 0.15) is 32.8 Å². The van der Waals surface area contributed by atoms with E-state index in [0.29, 0.717) is 23.6 Å². The van der Waals surface area contributed by atoms with E-state index in [9.17, 15) is 4.39 Å². The maximum atomic E-state index is 13.6. The van der Waals surface area contributed by atoms with Crippen LogP contribution in [-0.2, 0) is 6.54 Å². The van der Waals surface area contributed by atoms with Crippen molar-refractivity contribution in [3.05, 3.63) is 34.6 Å². The molecule has 1 aromatic rings. The average molecular weight is 274 g/mol. The predicted octanol–water partition coefficient (Wildman–Crippen LogP) is 3.37. The lowest BCUT2D eigenvalue weighted by molar-refractivity contribution is 0.196. The predicted molar refractivity (Wildman–Crippen MR) is 73.2 cm³/mol. The lowest BCUT2D eigenvalue weighted by atomic mass is 9.85. The maximum absolute atomic E-state index is 13.6. The van der Waals surface area contributed by atoms with Crippen LogP contribution in [0, 0.1) is 11.2 Å². The molecule has 0 aromatic heterocycles. The first kappa shape index (κ1) is 15.4. The number of rotatable bonds is 5. The summed E-state index contributed by atoms with van der Waals surface area (Å²) in [7, 11) is 0. The van der Waals surface area contributed by atoms with Gasteiger partial charge in [-0.1, -0.05) is 38.4 Å². The fraction of sp³-hybridized carbons (Fsp3) is 0.571. The van der Waals surface area contributed by atoms with Gasteiger partial charge in [-0.05, 0) is 24.0 Å². The summed E-state index contributed by atoms with van der Waals surface area (Å²) in [5.41, 5.74) is 0.609. The molecule has 2 N–H and O–H groups in total. The van der Waals surface area contributed by atoms with E-state index in [-0.39, 0.29) is 23.9 Å². The highest BCUT2D eigenvalue weighted by Gasteiger charge is 2.23. The molecule has 1 aromatic carbocycles. The Labute approximate surface area is 113 Å². The van der Waals surface area contributed by atoms with Crippen LogP contribution in [-0.4, -0.2) is 17.8 Å². The van der Waals surface area contributed by atoms with Gasteiger partial charge in [0.2, 0.25) is 0 Å². The van der Waals surface area contributed by atoms with E-state index < -0.39 is 0 Å². The quantitative estimate of drug-likeness (QED) is 0.862. The van der Waals surface area contributed by atoms with Gasteiger partial charge < -0.3 is 10.4 Å². The van der Waals surface area contributed by atoms with Gasteiger partial charge in [-0.15, -0.1) is 0 Å². The molecule has 2 nitrogen and oxygen atoms in total. The van der Waals surface area contributed by atoms with E-state index in [1.807, 2.05) is 0 Å². The van der Waals surface area contributed by atoms with Gasteiger partial charge in [0, 0.05) is 29.8 Å². The highest BCUT2D eigenvalue weighted by Crippen LogP contribution is 2.22. The molecular weight excluding hydrogens is 253 g/mol. The molecule has 0 saturated carbocycles. The Kier molecular flexibility index (Phi) is 5.57. The molecule has 1 rings (SSSR count). The van der Waals surface area contributed by atoms with Gasteiger partial charge in [0.25, 0.3) is 0 Å². The molecule has 4 heteroatoms. The van der Waals surface area contributed by atoms with Gasteiger partial charge >= 0.3 is 0 Å². The first-order valence-electron chi connectivity index (χ1n) is 6.12. The Morgan fingerprint density at radius 1 is 1.39 bits per heavy atom. The molecule has 102 valence electrons. The van der Waals surface area contributed by atoms with E-state index >= 15 is 0 Å². The maximum Gasteiger partial charge on any atom is 0.129 e. The van der Waals surface area contributed by atoms with Crippen LogP contribution in [0.25, 0.3) is 0 Å². The van der Waals surface area contributed by atoms with Crippen LogP contribution in [0.3, 0.4) is 0 Å². The van der Waals surface area contributed by atoms with Crippen molar-refractivity contribution in [2.24, 2.45) is 5.41 Å². The third-order valence-electron chi connectivity index (χ3n) is 3.02. The highest BCUT2D eigenvalue weighted by molar-refractivity contribution is 6.30. The zero-order valence-corrected chi connectivity index (χ0v) is 11.9. The average Bonchev–Trinajstić information content (AvgIpc) is 2.24. The Hall–Kier alpha value is -0.640. The van der Waals surface area contributed by atoms with Gasteiger partial charge in [0.15, 0.2) is 0 Å². The third-order valence-corrected chi connectivity index (χ3v) is 3.25. The van der Waals surface area contributed by atoms with E-state index in [1.54, 1.807) is 12.1 Å². The fourth-order valence-electron chi connectivity index (χ4n) is 1.87. The van der Waals surface area contributed by atoms with Crippen molar-refractivity contribution in [1.82, 2.24) is 5.32 Å². The van der Waals surface area contributed by atoms with Gasteiger partial charge in [0.05, 0.1) is 0 Å². The zero-order chi connectivity index (χ0) is 13.8. The van der Waals surface area contributed by atoms with Crippen molar-refractivity contribution in [3.63, 3.8) is 0 Å². The first-order valence-corrected chi connectivity index (χ1v) is 6.50. The number of halogens is 2. The number of aliphatic hydroxyl groups excluding tert-OH is 1. The summed E-state index contributed by atoms with van der Waals surface area (Å²) in [6.07, 6.45) is 0.651. The Morgan fingerprint density at radius 3 is 2.56 bits per heavy atom. The lowest BCUT2D eigenvalue weighted by Gasteiger charge is -2.31. The number of nitrogens with one attached hydrogen (secondary N) is 1.